The van der Waals surface area contributed by atoms with E-state index in [2.05, 4.69) is 38.7 Å². The first-order valence-electron chi connectivity index (χ1n) is 8.85. The summed E-state index contributed by atoms with van der Waals surface area (Å²) in [7, 11) is -1.27. The minimum absolute atomic E-state index is 0.984. The maximum atomic E-state index is 5.86. The van der Waals surface area contributed by atoms with E-state index in [1.807, 2.05) is 0 Å². The maximum Gasteiger partial charge on any atom is 0.183 e. The minimum atomic E-state index is -1.27. The predicted molar refractivity (Wildman–Crippen MR) is 94.9 cm³/mol. The van der Waals surface area contributed by atoms with Crippen molar-refractivity contribution in [2.24, 2.45) is 0 Å². The zero-order valence-electron chi connectivity index (χ0n) is 14.5. The van der Waals surface area contributed by atoms with Gasteiger partial charge in [-0.1, -0.05) is 64.0 Å². The normalized spacial score (nSPS) is 12.4. The van der Waals surface area contributed by atoms with Gasteiger partial charge < -0.3 is 4.43 Å². The molecule has 0 amide bonds. The summed E-state index contributed by atoms with van der Waals surface area (Å²) in [5.41, 5.74) is 0. The molecule has 0 aliphatic carbocycles. The number of allylic oxidation sites excluding steroid dienone is 2. The monoisotopic (exact) mass is 298 g/mol. The van der Waals surface area contributed by atoms with Crippen LogP contribution in [0.15, 0.2) is 12.2 Å². The third-order valence-corrected chi connectivity index (χ3v) is 4.51. The number of rotatable bonds is 14. The van der Waals surface area contributed by atoms with E-state index >= 15 is 0 Å². The minimum Gasteiger partial charge on any atom is -0.418 e. The number of hydrogen-bond acceptors (Lipinski definition) is 1. The summed E-state index contributed by atoms with van der Waals surface area (Å²) >= 11 is 0. The maximum absolute atomic E-state index is 5.86. The van der Waals surface area contributed by atoms with Crippen LogP contribution in [0, 0.1) is 0 Å². The molecule has 0 fully saturated rings. The fraction of sp³-hybridized carbons (Fsp3) is 0.889. The standard InChI is InChI=1S/C18H38OSi/c1-5-6-7-8-9-10-11-12-13-14-15-16-17-18-19-20(2,3)4/h8-9H,5-7,10-18H2,1-4H3/b9-8+. The van der Waals surface area contributed by atoms with E-state index in [0.717, 1.165) is 6.61 Å². The molecule has 120 valence electrons. The Bertz CT molecular complexity index is 218. The van der Waals surface area contributed by atoms with Crippen LogP contribution in [0.2, 0.25) is 19.6 Å². The van der Waals surface area contributed by atoms with Gasteiger partial charge in [0.15, 0.2) is 8.32 Å². The molecule has 2 heteroatoms. The fourth-order valence-corrected chi connectivity index (χ4v) is 2.94. The van der Waals surface area contributed by atoms with E-state index < -0.39 is 8.32 Å². The smallest absolute Gasteiger partial charge is 0.183 e. The molecule has 0 saturated heterocycles. The van der Waals surface area contributed by atoms with Gasteiger partial charge in [0, 0.05) is 6.61 Å². The van der Waals surface area contributed by atoms with Crippen molar-refractivity contribution in [1.29, 1.82) is 0 Å². The van der Waals surface area contributed by atoms with Crippen molar-refractivity contribution >= 4 is 8.32 Å². The molecule has 0 N–H and O–H groups in total. The van der Waals surface area contributed by atoms with Gasteiger partial charge in [-0.3, -0.25) is 0 Å². The molecular weight excluding hydrogens is 260 g/mol. The number of hydrogen-bond donors (Lipinski definition) is 0. The molecule has 0 radical (unpaired) electrons. The molecule has 0 aromatic heterocycles. The van der Waals surface area contributed by atoms with Crippen molar-refractivity contribution in [3.63, 3.8) is 0 Å². The van der Waals surface area contributed by atoms with Gasteiger partial charge in [-0.2, -0.15) is 0 Å². The Morgan fingerprint density at radius 1 is 0.700 bits per heavy atom. The lowest BCUT2D eigenvalue weighted by molar-refractivity contribution is 0.298. The van der Waals surface area contributed by atoms with Crippen LogP contribution < -0.4 is 0 Å². The summed E-state index contributed by atoms with van der Waals surface area (Å²) < 4.78 is 5.86. The van der Waals surface area contributed by atoms with Crippen LogP contribution >= 0.6 is 0 Å². The summed E-state index contributed by atoms with van der Waals surface area (Å²) in [5, 5.41) is 0. The summed E-state index contributed by atoms with van der Waals surface area (Å²) in [6.45, 7) is 10.0. The van der Waals surface area contributed by atoms with E-state index in [9.17, 15) is 0 Å². The van der Waals surface area contributed by atoms with Crippen molar-refractivity contribution in [3.05, 3.63) is 12.2 Å². The van der Waals surface area contributed by atoms with Crippen molar-refractivity contribution < 1.29 is 4.43 Å². The molecule has 0 aliphatic rings. The lowest BCUT2D eigenvalue weighted by atomic mass is 10.1. The molecule has 0 heterocycles. The number of unbranched alkanes of at least 4 members (excludes halogenated alkanes) is 9. The Kier molecular flexibility index (Phi) is 13.8. The first-order valence-corrected chi connectivity index (χ1v) is 12.3. The van der Waals surface area contributed by atoms with Crippen molar-refractivity contribution in [2.45, 2.75) is 97.2 Å². The molecule has 0 aromatic rings. The molecule has 0 spiro atoms. The molecule has 0 bridgehead atoms. The highest BCUT2D eigenvalue weighted by Gasteiger charge is 2.12. The van der Waals surface area contributed by atoms with E-state index in [0.29, 0.717) is 0 Å². The molecule has 0 aliphatic heterocycles. The third-order valence-electron chi connectivity index (χ3n) is 3.44. The van der Waals surface area contributed by atoms with Gasteiger partial charge >= 0.3 is 0 Å². The Labute approximate surface area is 129 Å². The second-order valence-corrected chi connectivity index (χ2v) is 11.4. The van der Waals surface area contributed by atoms with Gasteiger partial charge in [-0.05, 0) is 45.3 Å². The van der Waals surface area contributed by atoms with Crippen LogP contribution in [0.3, 0.4) is 0 Å². The molecule has 0 atom stereocenters. The quantitative estimate of drug-likeness (QED) is 0.197. The van der Waals surface area contributed by atoms with Gasteiger partial charge in [0.1, 0.15) is 0 Å². The average Bonchev–Trinajstić information content (AvgIpc) is 2.38. The Balaban J connectivity index is 3.08. The van der Waals surface area contributed by atoms with Gasteiger partial charge in [0.05, 0.1) is 0 Å². The fourth-order valence-electron chi connectivity index (χ4n) is 2.18. The Morgan fingerprint density at radius 3 is 1.75 bits per heavy atom. The highest BCUT2D eigenvalue weighted by Crippen LogP contribution is 2.10. The molecule has 1 nitrogen and oxygen atoms in total. The van der Waals surface area contributed by atoms with Crippen molar-refractivity contribution in [3.8, 4) is 0 Å². The van der Waals surface area contributed by atoms with E-state index in [4.69, 9.17) is 4.43 Å². The second kappa shape index (κ2) is 13.9. The van der Waals surface area contributed by atoms with E-state index in [1.165, 1.54) is 70.6 Å². The van der Waals surface area contributed by atoms with Gasteiger partial charge in [-0.15, -0.1) is 0 Å². The zero-order valence-corrected chi connectivity index (χ0v) is 15.5. The molecule has 0 unspecified atom stereocenters. The molecule has 0 rings (SSSR count). The molecule has 20 heavy (non-hydrogen) atoms. The van der Waals surface area contributed by atoms with Crippen LogP contribution in [0.25, 0.3) is 0 Å². The highest BCUT2D eigenvalue weighted by molar-refractivity contribution is 6.69. The average molecular weight is 299 g/mol. The van der Waals surface area contributed by atoms with Gasteiger partial charge in [0.25, 0.3) is 0 Å². The summed E-state index contributed by atoms with van der Waals surface area (Å²) in [5.74, 6) is 0. The third kappa shape index (κ3) is 17.9. The largest absolute Gasteiger partial charge is 0.418 e. The Hall–Kier alpha value is -0.0831. The van der Waals surface area contributed by atoms with E-state index in [-0.39, 0.29) is 0 Å². The topological polar surface area (TPSA) is 9.23 Å². The zero-order chi connectivity index (χ0) is 15.1. The van der Waals surface area contributed by atoms with Crippen LogP contribution in [0.1, 0.15) is 77.6 Å². The predicted octanol–water partition coefficient (Wildman–Crippen LogP) is 6.71. The van der Waals surface area contributed by atoms with Crippen LogP contribution in [0.5, 0.6) is 0 Å². The molecule has 0 aromatic carbocycles. The highest BCUT2D eigenvalue weighted by atomic mass is 28.4. The lowest BCUT2D eigenvalue weighted by Crippen LogP contribution is -2.25. The summed E-state index contributed by atoms with van der Waals surface area (Å²) in [4.78, 5) is 0. The first-order chi connectivity index (χ1) is 9.56. The van der Waals surface area contributed by atoms with Crippen molar-refractivity contribution in [2.75, 3.05) is 6.61 Å². The molecular formula is C18H38OSi. The Morgan fingerprint density at radius 2 is 1.20 bits per heavy atom. The van der Waals surface area contributed by atoms with Gasteiger partial charge in [0.2, 0.25) is 0 Å². The van der Waals surface area contributed by atoms with Gasteiger partial charge in [-0.25, -0.2) is 0 Å². The molecule has 0 saturated carbocycles. The first kappa shape index (κ1) is 19.9. The SMILES string of the molecule is CCCC/C=C/CCCCCCCCCO[Si](C)(C)C. The lowest BCUT2D eigenvalue weighted by Gasteiger charge is -2.16. The van der Waals surface area contributed by atoms with Crippen LogP contribution in [-0.4, -0.2) is 14.9 Å². The second-order valence-electron chi connectivity index (χ2n) is 6.84. The van der Waals surface area contributed by atoms with Crippen LogP contribution in [-0.2, 0) is 4.43 Å². The van der Waals surface area contributed by atoms with Crippen molar-refractivity contribution in [1.82, 2.24) is 0 Å². The summed E-state index contributed by atoms with van der Waals surface area (Å²) in [6, 6.07) is 0. The van der Waals surface area contributed by atoms with E-state index in [1.54, 1.807) is 0 Å². The summed E-state index contributed by atoms with van der Waals surface area (Å²) in [6.07, 6.45) is 19.6. The van der Waals surface area contributed by atoms with Crippen LogP contribution in [0.4, 0.5) is 0 Å².